The fourth-order valence-corrected chi connectivity index (χ4v) is 3.04. The summed E-state index contributed by atoms with van der Waals surface area (Å²) < 4.78 is 5.04. The highest BCUT2D eigenvalue weighted by molar-refractivity contribution is 7.23. The average molecular weight is 284 g/mol. The van der Waals surface area contributed by atoms with Crippen LogP contribution in [0.15, 0.2) is 6.20 Å². The molecular formula is C11H16N4OS2. The van der Waals surface area contributed by atoms with Gasteiger partial charge in [-0.25, -0.2) is 4.98 Å². The molecule has 18 heavy (non-hydrogen) atoms. The van der Waals surface area contributed by atoms with Crippen molar-refractivity contribution in [2.75, 3.05) is 25.6 Å². The van der Waals surface area contributed by atoms with Crippen LogP contribution >= 0.6 is 22.7 Å². The second kappa shape index (κ2) is 6.77. The van der Waals surface area contributed by atoms with E-state index in [0.29, 0.717) is 6.61 Å². The molecule has 0 amide bonds. The average Bonchev–Trinajstić information content (AvgIpc) is 3.02. The summed E-state index contributed by atoms with van der Waals surface area (Å²) in [5.74, 6) is 0. The molecule has 0 aliphatic rings. The van der Waals surface area contributed by atoms with Gasteiger partial charge in [-0.1, -0.05) is 18.3 Å². The van der Waals surface area contributed by atoms with Crippen LogP contribution in [0.2, 0.25) is 0 Å². The van der Waals surface area contributed by atoms with Crippen LogP contribution in [0.3, 0.4) is 0 Å². The Balaban J connectivity index is 2.01. The lowest BCUT2D eigenvalue weighted by molar-refractivity contribution is 0.202. The minimum atomic E-state index is 0.701. The Morgan fingerprint density at radius 2 is 2.22 bits per heavy atom. The van der Waals surface area contributed by atoms with Crippen LogP contribution in [0, 0.1) is 0 Å². The molecule has 5 nitrogen and oxygen atoms in total. The van der Waals surface area contributed by atoms with Crippen LogP contribution in [0.4, 0.5) is 5.13 Å². The van der Waals surface area contributed by atoms with Crippen LogP contribution in [-0.4, -0.2) is 35.4 Å². The van der Waals surface area contributed by atoms with Gasteiger partial charge in [-0.2, -0.15) is 0 Å². The van der Waals surface area contributed by atoms with Gasteiger partial charge in [0.1, 0.15) is 0 Å². The van der Waals surface area contributed by atoms with E-state index in [4.69, 9.17) is 4.74 Å². The first-order valence-electron chi connectivity index (χ1n) is 5.85. The third-order valence-corrected chi connectivity index (χ3v) is 4.34. The molecule has 98 valence electrons. The Morgan fingerprint density at radius 1 is 1.33 bits per heavy atom. The van der Waals surface area contributed by atoms with Gasteiger partial charge in [-0.3, -0.25) is 0 Å². The minimum absolute atomic E-state index is 0.701. The molecule has 0 atom stereocenters. The molecule has 0 fully saturated rings. The molecule has 0 saturated carbocycles. The number of hydrogen-bond donors (Lipinski definition) is 1. The van der Waals surface area contributed by atoms with Gasteiger partial charge in [0, 0.05) is 26.3 Å². The van der Waals surface area contributed by atoms with Gasteiger partial charge in [0.15, 0.2) is 5.01 Å². The number of thiazole rings is 1. The number of aromatic nitrogens is 3. The van der Waals surface area contributed by atoms with Crippen molar-refractivity contribution in [1.82, 2.24) is 15.2 Å². The smallest absolute Gasteiger partial charge is 0.206 e. The quantitative estimate of drug-likeness (QED) is 0.847. The van der Waals surface area contributed by atoms with Crippen molar-refractivity contribution in [1.29, 1.82) is 0 Å². The Morgan fingerprint density at radius 3 is 3.00 bits per heavy atom. The highest BCUT2D eigenvalue weighted by Gasteiger charge is 2.10. The zero-order valence-corrected chi connectivity index (χ0v) is 12.1. The SMILES string of the molecule is CCCNc1nnc(-c2cnc(CCOC)s2)s1. The summed E-state index contributed by atoms with van der Waals surface area (Å²) in [7, 11) is 1.70. The molecule has 0 unspecified atom stereocenters. The van der Waals surface area contributed by atoms with E-state index in [9.17, 15) is 0 Å². The monoisotopic (exact) mass is 284 g/mol. The summed E-state index contributed by atoms with van der Waals surface area (Å²) in [5, 5.41) is 14.4. The highest BCUT2D eigenvalue weighted by atomic mass is 32.1. The topological polar surface area (TPSA) is 59.9 Å². The van der Waals surface area contributed by atoms with E-state index in [-0.39, 0.29) is 0 Å². The van der Waals surface area contributed by atoms with Crippen LogP contribution in [0.25, 0.3) is 9.88 Å². The summed E-state index contributed by atoms with van der Waals surface area (Å²) in [6, 6.07) is 0. The number of ether oxygens (including phenoxy) is 1. The number of nitrogens with zero attached hydrogens (tertiary/aromatic N) is 3. The maximum atomic E-state index is 5.04. The van der Waals surface area contributed by atoms with Crippen LogP contribution < -0.4 is 5.32 Å². The van der Waals surface area contributed by atoms with Gasteiger partial charge in [-0.05, 0) is 6.42 Å². The molecule has 2 aromatic heterocycles. The van der Waals surface area contributed by atoms with Crippen LogP contribution in [0.5, 0.6) is 0 Å². The van der Waals surface area contributed by atoms with Gasteiger partial charge in [0.25, 0.3) is 0 Å². The van der Waals surface area contributed by atoms with Crippen molar-refractivity contribution in [3.8, 4) is 9.88 Å². The number of hydrogen-bond acceptors (Lipinski definition) is 7. The van der Waals surface area contributed by atoms with Crippen molar-refractivity contribution in [3.05, 3.63) is 11.2 Å². The van der Waals surface area contributed by atoms with E-state index in [2.05, 4.69) is 27.4 Å². The lowest BCUT2D eigenvalue weighted by Gasteiger charge is -1.95. The molecule has 1 N–H and O–H groups in total. The van der Waals surface area contributed by atoms with Crippen molar-refractivity contribution in [2.45, 2.75) is 19.8 Å². The maximum absolute atomic E-state index is 5.04. The predicted molar refractivity (Wildman–Crippen MR) is 75.4 cm³/mol. The predicted octanol–water partition coefficient (Wildman–Crippen LogP) is 2.67. The van der Waals surface area contributed by atoms with Crippen LogP contribution in [0.1, 0.15) is 18.4 Å². The first-order valence-corrected chi connectivity index (χ1v) is 7.48. The van der Waals surface area contributed by atoms with E-state index < -0.39 is 0 Å². The number of rotatable bonds is 7. The summed E-state index contributed by atoms with van der Waals surface area (Å²) >= 11 is 3.22. The largest absolute Gasteiger partial charge is 0.384 e. The van der Waals surface area contributed by atoms with E-state index in [1.807, 2.05) is 6.20 Å². The molecule has 0 aliphatic carbocycles. The Labute approximate surface area is 114 Å². The van der Waals surface area contributed by atoms with Gasteiger partial charge in [0.05, 0.1) is 16.5 Å². The Kier molecular flexibility index (Phi) is 5.03. The van der Waals surface area contributed by atoms with E-state index >= 15 is 0 Å². The van der Waals surface area contributed by atoms with Gasteiger partial charge in [0.2, 0.25) is 5.13 Å². The number of anilines is 1. The zero-order chi connectivity index (χ0) is 12.8. The maximum Gasteiger partial charge on any atom is 0.206 e. The summed E-state index contributed by atoms with van der Waals surface area (Å²) in [5.41, 5.74) is 0. The molecule has 2 rings (SSSR count). The number of nitrogens with one attached hydrogen (secondary N) is 1. The third kappa shape index (κ3) is 3.47. The first-order chi connectivity index (χ1) is 8.83. The second-order valence-electron chi connectivity index (χ2n) is 3.70. The normalized spacial score (nSPS) is 10.8. The molecule has 0 radical (unpaired) electrons. The lowest BCUT2D eigenvalue weighted by Crippen LogP contribution is -1.98. The molecule has 2 aromatic rings. The van der Waals surface area contributed by atoms with Gasteiger partial charge in [-0.15, -0.1) is 21.5 Å². The Bertz CT molecular complexity index is 439. The van der Waals surface area contributed by atoms with Gasteiger partial charge >= 0.3 is 0 Å². The van der Waals surface area contributed by atoms with Gasteiger partial charge < -0.3 is 10.1 Å². The first kappa shape index (κ1) is 13.4. The third-order valence-electron chi connectivity index (χ3n) is 2.24. The molecule has 0 saturated heterocycles. The molecular weight excluding hydrogens is 268 g/mol. The van der Waals surface area contributed by atoms with Crippen molar-refractivity contribution in [2.24, 2.45) is 0 Å². The molecule has 0 bridgehead atoms. The minimum Gasteiger partial charge on any atom is -0.384 e. The summed E-state index contributed by atoms with van der Waals surface area (Å²) in [6.07, 6.45) is 3.79. The van der Waals surface area contributed by atoms with Crippen molar-refractivity contribution in [3.63, 3.8) is 0 Å². The zero-order valence-electron chi connectivity index (χ0n) is 10.5. The van der Waals surface area contributed by atoms with E-state index in [1.165, 1.54) is 0 Å². The fraction of sp³-hybridized carbons (Fsp3) is 0.545. The summed E-state index contributed by atoms with van der Waals surface area (Å²) in [6.45, 7) is 3.75. The van der Waals surface area contributed by atoms with E-state index in [1.54, 1.807) is 29.8 Å². The highest BCUT2D eigenvalue weighted by Crippen LogP contribution is 2.30. The van der Waals surface area contributed by atoms with Crippen LogP contribution in [-0.2, 0) is 11.2 Å². The van der Waals surface area contributed by atoms with Crippen molar-refractivity contribution >= 4 is 27.8 Å². The second-order valence-corrected chi connectivity index (χ2v) is 5.79. The standard InChI is InChI=1S/C11H16N4OS2/c1-3-5-12-11-15-14-10(18-11)8-7-13-9(17-8)4-6-16-2/h7H,3-6H2,1-2H3,(H,12,15). The summed E-state index contributed by atoms with van der Waals surface area (Å²) in [4.78, 5) is 5.43. The number of methoxy groups -OCH3 is 1. The fourth-order valence-electron chi connectivity index (χ4n) is 1.34. The molecule has 2 heterocycles. The molecule has 0 aliphatic heterocycles. The molecule has 0 aromatic carbocycles. The Hall–Kier alpha value is -1.05. The van der Waals surface area contributed by atoms with Crippen molar-refractivity contribution < 1.29 is 4.74 Å². The molecule has 0 spiro atoms. The molecule has 7 heteroatoms. The van der Waals surface area contributed by atoms with E-state index in [0.717, 1.165) is 39.4 Å². The lowest BCUT2D eigenvalue weighted by atomic mass is 10.5.